The minimum Gasteiger partial charge on any atom is -0.322 e. The lowest BCUT2D eigenvalue weighted by atomic mass is 10.1. The molecule has 0 aliphatic rings. The van der Waals surface area contributed by atoms with Crippen molar-refractivity contribution < 1.29 is 13.2 Å². The first-order chi connectivity index (χ1) is 9.90. The monoisotopic (exact) mass is 301 g/mol. The van der Waals surface area contributed by atoms with Crippen molar-refractivity contribution in [2.24, 2.45) is 5.14 Å². The van der Waals surface area contributed by atoms with Crippen LogP contribution < -0.4 is 10.5 Å². The number of hydrogen-bond donors (Lipinski definition) is 2. The Balaban J connectivity index is 2.14. The summed E-state index contributed by atoms with van der Waals surface area (Å²) < 4.78 is 22.2. The van der Waals surface area contributed by atoms with Crippen LogP contribution >= 0.6 is 0 Å². The number of rotatable bonds is 3. The summed E-state index contributed by atoms with van der Waals surface area (Å²) in [4.78, 5) is 11.9. The molecule has 0 fully saturated rings. The van der Waals surface area contributed by atoms with Gasteiger partial charge in [-0.15, -0.1) is 0 Å². The van der Waals surface area contributed by atoms with E-state index in [2.05, 4.69) is 5.32 Å². The largest absolute Gasteiger partial charge is 0.322 e. The molecule has 0 atom stereocenters. The Labute approximate surface area is 121 Å². The van der Waals surface area contributed by atoms with Crippen molar-refractivity contribution in [2.75, 3.05) is 5.32 Å². The van der Waals surface area contributed by atoms with E-state index in [0.717, 1.165) is 0 Å². The van der Waals surface area contributed by atoms with Gasteiger partial charge in [0.1, 0.15) is 0 Å². The summed E-state index contributed by atoms with van der Waals surface area (Å²) >= 11 is 0. The van der Waals surface area contributed by atoms with Crippen LogP contribution in [-0.2, 0) is 10.0 Å². The van der Waals surface area contributed by atoms with E-state index in [4.69, 9.17) is 10.4 Å². The summed E-state index contributed by atoms with van der Waals surface area (Å²) in [6, 6.07) is 13.6. The summed E-state index contributed by atoms with van der Waals surface area (Å²) in [5.74, 6) is -0.358. The molecule has 1 amide bonds. The quantitative estimate of drug-likeness (QED) is 0.893. The number of nitrogens with zero attached hydrogens (tertiary/aromatic N) is 1. The molecule has 0 saturated carbocycles. The molecule has 2 rings (SSSR count). The average Bonchev–Trinajstić information content (AvgIpc) is 2.47. The van der Waals surface area contributed by atoms with Crippen LogP contribution in [0, 0.1) is 11.3 Å². The second-order valence-corrected chi connectivity index (χ2v) is 5.77. The number of benzene rings is 2. The molecule has 6 nitrogen and oxygen atoms in total. The van der Waals surface area contributed by atoms with E-state index >= 15 is 0 Å². The summed E-state index contributed by atoms with van der Waals surface area (Å²) in [7, 11) is -3.75. The van der Waals surface area contributed by atoms with Crippen molar-refractivity contribution in [2.45, 2.75) is 4.90 Å². The molecule has 106 valence electrons. The average molecular weight is 301 g/mol. The predicted octanol–water partition coefficient (Wildman–Crippen LogP) is 1.46. The fraction of sp³-hybridized carbons (Fsp3) is 0. The van der Waals surface area contributed by atoms with Crippen LogP contribution in [0.1, 0.15) is 15.9 Å². The first-order valence-electron chi connectivity index (χ1n) is 5.84. The Morgan fingerprint density at radius 2 is 1.62 bits per heavy atom. The molecule has 0 saturated heterocycles. The van der Waals surface area contributed by atoms with Crippen molar-refractivity contribution in [1.29, 1.82) is 5.26 Å². The lowest BCUT2D eigenvalue weighted by Gasteiger charge is -2.06. The van der Waals surface area contributed by atoms with Crippen LogP contribution in [0.25, 0.3) is 0 Å². The maximum Gasteiger partial charge on any atom is 0.255 e. The van der Waals surface area contributed by atoms with Crippen molar-refractivity contribution in [3.05, 3.63) is 59.7 Å². The number of nitrogens with two attached hydrogens (primary N) is 1. The topological polar surface area (TPSA) is 113 Å². The lowest BCUT2D eigenvalue weighted by molar-refractivity contribution is 0.102. The molecule has 0 aliphatic carbocycles. The van der Waals surface area contributed by atoms with E-state index in [1.807, 2.05) is 6.07 Å². The van der Waals surface area contributed by atoms with E-state index < -0.39 is 10.0 Å². The highest BCUT2D eigenvalue weighted by molar-refractivity contribution is 7.89. The van der Waals surface area contributed by atoms with Gasteiger partial charge in [0.15, 0.2) is 0 Å². The third kappa shape index (κ3) is 3.66. The van der Waals surface area contributed by atoms with Gasteiger partial charge in [-0.25, -0.2) is 13.6 Å². The molecular weight excluding hydrogens is 290 g/mol. The summed E-state index contributed by atoms with van der Waals surface area (Å²) in [5.41, 5.74) is 1.30. The van der Waals surface area contributed by atoms with Crippen LogP contribution in [0.3, 0.4) is 0 Å². The normalized spacial score (nSPS) is 10.7. The van der Waals surface area contributed by atoms with Crippen LogP contribution in [0.4, 0.5) is 5.69 Å². The molecule has 0 aliphatic heterocycles. The van der Waals surface area contributed by atoms with E-state index in [9.17, 15) is 13.2 Å². The summed E-state index contributed by atoms with van der Waals surface area (Å²) in [5, 5.41) is 16.3. The Kier molecular flexibility index (Phi) is 4.03. The number of primary sulfonamides is 1. The van der Waals surface area contributed by atoms with Gasteiger partial charge in [0.25, 0.3) is 5.91 Å². The Morgan fingerprint density at radius 1 is 1.05 bits per heavy atom. The third-order valence-corrected chi connectivity index (χ3v) is 3.65. The van der Waals surface area contributed by atoms with Gasteiger partial charge in [0, 0.05) is 11.3 Å². The number of nitriles is 1. The van der Waals surface area contributed by atoms with E-state index in [-0.39, 0.29) is 10.8 Å². The number of amides is 1. The first-order valence-corrected chi connectivity index (χ1v) is 7.39. The lowest BCUT2D eigenvalue weighted by Crippen LogP contribution is -2.13. The third-order valence-electron chi connectivity index (χ3n) is 2.72. The van der Waals surface area contributed by atoms with Crippen molar-refractivity contribution in [3.63, 3.8) is 0 Å². The molecule has 2 aromatic carbocycles. The number of anilines is 1. The minimum absolute atomic E-state index is 0.0288. The fourth-order valence-corrected chi connectivity index (χ4v) is 2.14. The van der Waals surface area contributed by atoms with E-state index in [1.54, 1.807) is 12.1 Å². The molecule has 3 N–H and O–H groups in total. The smallest absolute Gasteiger partial charge is 0.255 e. The Morgan fingerprint density at radius 3 is 2.10 bits per heavy atom. The number of carbonyl (C=O) groups is 1. The van der Waals surface area contributed by atoms with Gasteiger partial charge in [-0.2, -0.15) is 5.26 Å². The minimum atomic E-state index is -3.75. The standard InChI is InChI=1S/C14H11N3O3S/c15-9-10-1-3-11(4-2-10)14(18)17-12-5-7-13(8-6-12)21(16,19)20/h1-8H,(H,17,18)(H2,16,19,20). The van der Waals surface area contributed by atoms with Gasteiger partial charge in [-0.1, -0.05) is 0 Å². The summed E-state index contributed by atoms with van der Waals surface area (Å²) in [6.07, 6.45) is 0. The molecule has 21 heavy (non-hydrogen) atoms. The highest BCUT2D eigenvalue weighted by atomic mass is 32.2. The van der Waals surface area contributed by atoms with E-state index in [0.29, 0.717) is 16.8 Å². The number of nitrogens with one attached hydrogen (secondary N) is 1. The van der Waals surface area contributed by atoms with Crippen LogP contribution in [0.15, 0.2) is 53.4 Å². The number of hydrogen-bond acceptors (Lipinski definition) is 4. The van der Waals surface area contributed by atoms with Crippen LogP contribution in [0.5, 0.6) is 0 Å². The molecule has 7 heteroatoms. The highest BCUT2D eigenvalue weighted by Crippen LogP contribution is 2.14. The zero-order valence-corrected chi connectivity index (χ0v) is 11.6. The second kappa shape index (κ2) is 5.75. The molecule has 0 radical (unpaired) electrons. The highest BCUT2D eigenvalue weighted by Gasteiger charge is 2.09. The van der Waals surface area contributed by atoms with Gasteiger partial charge < -0.3 is 5.32 Å². The van der Waals surface area contributed by atoms with Gasteiger partial charge >= 0.3 is 0 Å². The van der Waals surface area contributed by atoms with Gasteiger partial charge in [0.2, 0.25) is 10.0 Å². The van der Waals surface area contributed by atoms with Gasteiger partial charge in [-0.3, -0.25) is 4.79 Å². The van der Waals surface area contributed by atoms with Crippen molar-refractivity contribution >= 4 is 21.6 Å². The predicted molar refractivity (Wildman–Crippen MR) is 76.9 cm³/mol. The molecule has 0 bridgehead atoms. The fourth-order valence-electron chi connectivity index (χ4n) is 1.63. The molecule has 2 aromatic rings. The van der Waals surface area contributed by atoms with Crippen molar-refractivity contribution in [3.8, 4) is 6.07 Å². The second-order valence-electron chi connectivity index (χ2n) is 4.21. The van der Waals surface area contributed by atoms with Gasteiger partial charge in [0.05, 0.1) is 16.5 Å². The molecule has 0 heterocycles. The Hall–Kier alpha value is -2.69. The van der Waals surface area contributed by atoms with Crippen LogP contribution in [0.2, 0.25) is 0 Å². The van der Waals surface area contributed by atoms with E-state index in [1.165, 1.54) is 36.4 Å². The summed E-state index contributed by atoms with van der Waals surface area (Å²) in [6.45, 7) is 0. The molecular formula is C14H11N3O3S. The SMILES string of the molecule is N#Cc1ccc(C(=O)Nc2ccc(S(N)(=O)=O)cc2)cc1. The maximum atomic E-state index is 12.0. The molecule has 0 spiro atoms. The van der Waals surface area contributed by atoms with Crippen LogP contribution in [-0.4, -0.2) is 14.3 Å². The molecule has 0 aromatic heterocycles. The number of sulfonamides is 1. The first kappa shape index (κ1) is 14.7. The zero-order chi connectivity index (χ0) is 15.5. The maximum absolute atomic E-state index is 12.0. The van der Waals surface area contributed by atoms with Crippen molar-refractivity contribution in [1.82, 2.24) is 0 Å². The number of carbonyl (C=O) groups excluding carboxylic acids is 1. The Bertz CT molecular complexity index is 804. The zero-order valence-electron chi connectivity index (χ0n) is 10.8. The molecule has 0 unspecified atom stereocenters. The van der Waals surface area contributed by atoms with Gasteiger partial charge in [-0.05, 0) is 48.5 Å².